The third-order valence-electron chi connectivity index (χ3n) is 4.85. The monoisotopic (exact) mass is 377 g/mol. The molecule has 0 aromatic heterocycles. The van der Waals surface area contributed by atoms with Crippen LogP contribution in [0, 0.1) is 10.1 Å². The number of ether oxygens (including phenoxy) is 1. The molecule has 1 aromatic rings. The van der Waals surface area contributed by atoms with E-state index in [0.717, 1.165) is 17.7 Å². The van der Waals surface area contributed by atoms with Crippen molar-refractivity contribution in [1.82, 2.24) is 5.32 Å². The molecule has 1 fully saturated rings. The van der Waals surface area contributed by atoms with Crippen LogP contribution in [-0.2, 0) is 14.4 Å². The summed E-state index contributed by atoms with van der Waals surface area (Å²) in [6.45, 7) is -0.643. The lowest BCUT2D eigenvalue weighted by Crippen LogP contribution is -2.52. The number of rotatable bonds is 6. The number of hydrogen-bond donors (Lipinski definition) is 2. The van der Waals surface area contributed by atoms with Gasteiger partial charge in [0.15, 0.2) is 6.61 Å². The maximum absolute atomic E-state index is 12.6. The lowest BCUT2D eigenvalue weighted by atomic mass is 9.93. The Hall–Kier alpha value is -3.17. The third kappa shape index (κ3) is 3.99. The maximum atomic E-state index is 12.6. The second kappa shape index (κ2) is 7.22. The normalized spacial score (nSPS) is 17.8. The predicted octanol–water partition coefficient (Wildman–Crippen LogP) is 1.22. The maximum Gasteiger partial charge on any atom is 0.305 e. The number of nitro benzene ring substituents is 1. The van der Waals surface area contributed by atoms with Crippen LogP contribution in [0.5, 0.6) is 5.75 Å². The zero-order valence-electron chi connectivity index (χ0n) is 14.5. The first kappa shape index (κ1) is 18.6. The van der Waals surface area contributed by atoms with E-state index in [1.807, 2.05) is 0 Å². The molecule has 2 aliphatic rings. The smallest absolute Gasteiger partial charge is 0.305 e. The molecule has 1 aliphatic carbocycles. The number of carbonyl (C=O) groups is 3. The molecular formula is C17H19N3O7. The van der Waals surface area contributed by atoms with Gasteiger partial charge in [0.05, 0.1) is 22.6 Å². The zero-order valence-corrected chi connectivity index (χ0v) is 14.5. The Balaban J connectivity index is 1.79. The highest BCUT2D eigenvalue weighted by Crippen LogP contribution is 2.36. The molecule has 0 atom stereocenters. The Kier molecular flexibility index (Phi) is 4.98. The van der Waals surface area contributed by atoms with E-state index in [4.69, 9.17) is 9.84 Å². The van der Waals surface area contributed by atoms with Crippen LogP contribution >= 0.6 is 0 Å². The highest BCUT2D eigenvalue weighted by atomic mass is 16.6. The Labute approximate surface area is 154 Å². The summed E-state index contributed by atoms with van der Waals surface area (Å²) < 4.78 is 5.26. The molecule has 10 nitrogen and oxygen atoms in total. The van der Waals surface area contributed by atoms with E-state index in [0.29, 0.717) is 12.8 Å². The number of aliphatic carboxylic acids is 1. The first-order chi connectivity index (χ1) is 12.8. The van der Waals surface area contributed by atoms with Crippen molar-refractivity contribution in [3.8, 4) is 5.75 Å². The van der Waals surface area contributed by atoms with Gasteiger partial charge in [0, 0.05) is 12.1 Å². The number of anilines is 1. The molecule has 3 rings (SSSR count). The van der Waals surface area contributed by atoms with Crippen molar-refractivity contribution >= 4 is 29.2 Å². The van der Waals surface area contributed by atoms with Gasteiger partial charge in [0.25, 0.3) is 11.6 Å². The van der Waals surface area contributed by atoms with Gasteiger partial charge in [-0.3, -0.25) is 29.4 Å². The molecule has 0 radical (unpaired) electrons. The van der Waals surface area contributed by atoms with E-state index in [1.165, 1.54) is 18.2 Å². The average Bonchev–Trinajstić information content (AvgIpc) is 3.03. The number of carboxylic acid groups (broad SMARTS) is 1. The number of amides is 2. The number of nitrogens with zero attached hydrogens (tertiary/aromatic N) is 2. The van der Waals surface area contributed by atoms with Crippen LogP contribution < -0.4 is 15.0 Å². The van der Waals surface area contributed by atoms with Crippen molar-refractivity contribution in [2.24, 2.45) is 0 Å². The first-order valence-electron chi connectivity index (χ1n) is 8.54. The van der Waals surface area contributed by atoms with Crippen LogP contribution in [-0.4, -0.2) is 46.5 Å². The van der Waals surface area contributed by atoms with Gasteiger partial charge in [-0.2, -0.15) is 0 Å². The number of nitrogens with one attached hydrogen (secondary N) is 1. The van der Waals surface area contributed by atoms with Crippen molar-refractivity contribution in [1.29, 1.82) is 0 Å². The van der Waals surface area contributed by atoms with Gasteiger partial charge < -0.3 is 15.2 Å². The molecule has 0 unspecified atom stereocenters. The molecule has 2 amide bonds. The molecular weight excluding hydrogens is 358 g/mol. The second-order valence-electron chi connectivity index (χ2n) is 6.78. The molecule has 0 saturated heterocycles. The summed E-state index contributed by atoms with van der Waals surface area (Å²) in [5.74, 6) is -1.74. The Morgan fingerprint density at radius 1 is 1.33 bits per heavy atom. The van der Waals surface area contributed by atoms with Gasteiger partial charge in [-0.15, -0.1) is 0 Å². The fourth-order valence-electron chi connectivity index (χ4n) is 3.64. The van der Waals surface area contributed by atoms with Crippen LogP contribution in [0.25, 0.3) is 0 Å². The molecule has 1 aliphatic heterocycles. The van der Waals surface area contributed by atoms with Gasteiger partial charge in [-0.25, -0.2) is 0 Å². The average molecular weight is 377 g/mol. The summed E-state index contributed by atoms with van der Waals surface area (Å²) in [5, 5.41) is 22.9. The quantitative estimate of drug-likeness (QED) is 0.561. The van der Waals surface area contributed by atoms with Crippen molar-refractivity contribution < 1.29 is 29.2 Å². The Bertz CT molecular complexity index is 802. The van der Waals surface area contributed by atoms with Gasteiger partial charge >= 0.3 is 5.97 Å². The number of carbonyl (C=O) groups excluding carboxylic acids is 2. The Morgan fingerprint density at radius 2 is 2.04 bits per heavy atom. The van der Waals surface area contributed by atoms with Crippen LogP contribution in [0.3, 0.4) is 0 Å². The lowest BCUT2D eigenvalue weighted by molar-refractivity contribution is -0.384. The van der Waals surface area contributed by atoms with Gasteiger partial charge in [0.2, 0.25) is 5.91 Å². The number of hydrogen-bond acceptors (Lipinski definition) is 6. The van der Waals surface area contributed by atoms with E-state index >= 15 is 0 Å². The number of carboxylic acids is 1. The highest BCUT2D eigenvalue weighted by Gasteiger charge is 2.38. The van der Waals surface area contributed by atoms with Crippen LogP contribution in [0.4, 0.5) is 11.4 Å². The SMILES string of the molecule is O=C(O)CC1(NC(=O)CN2C(=O)COc3ccc([N+](=O)[O-])cc32)CCCC1. The summed E-state index contributed by atoms with van der Waals surface area (Å²) in [6, 6.07) is 3.82. The number of non-ortho nitro benzene ring substituents is 1. The van der Waals surface area contributed by atoms with Gasteiger partial charge in [0.1, 0.15) is 12.3 Å². The van der Waals surface area contributed by atoms with E-state index in [9.17, 15) is 24.5 Å². The minimum atomic E-state index is -0.999. The summed E-state index contributed by atoms with van der Waals surface area (Å²) in [4.78, 5) is 47.5. The molecule has 1 saturated carbocycles. The van der Waals surface area contributed by atoms with Crippen molar-refractivity contribution in [3.05, 3.63) is 28.3 Å². The number of nitro groups is 1. The first-order valence-corrected chi connectivity index (χ1v) is 8.54. The van der Waals surface area contributed by atoms with Crippen LogP contribution in [0.15, 0.2) is 18.2 Å². The topological polar surface area (TPSA) is 139 Å². The highest BCUT2D eigenvalue weighted by molar-refractivity contribution is 6.02. The molecule has 1 heterocycles. The van der Waals surface area contributed by atoms with Crippen molar-refractivity contribution in [2.45, 2.75) is 37.6 Å². The fraction of sp³-hybridized carbons (Fsp3) is 0.471. The van der Waals surface area contributed by atoms with E-state index in [-0.39, 0.29) is 36.7 Å². The van der Waals surface area contributed by atoms with Crippen LogP contribution in [0.2, 0.25) is 0 Å². The van der Waals surface area contributed by atoms with Crippen LogP contribution in [0.1, 0.15) is 32.1 Å². The molecule has 1 aromatic carbocycles. The van der Waals surface area contributed by atoms with E-state index in [1.54, 1.807) is 0 Å². The minimum absolute atomic E-state index is 0.148. The standard InChI is InChI=1S/C17H19N3O7/c21-14(18-17(8-16(23)24)5-1-2-6-17)9-19-12-7-11(20(25)26)3-4-13(12)27-10-15(19)22/h3-4,7H,1-2,5-6,8-10H2,(H,18,21)(H,23,24). The van der Waals surface area contributed by atoms with Crippen molar-refractivity contribution in [3.63, 3.8) is 0 Å². The minimum Gasteiger partial charge on any atom is -0.482 e. The molecule has 0 bridgehead atoms. The molecule has 27 heavy (non-hydrogen) atoms. The Morgan fingerprint density at radius 3 is 2.67 bits per heavy atom. The summed E-state index contributed by atoms with van der Waals surface area (Å²) in [7, 11) is 0. The zero-order chi connectivity index (χ0) is 19.6. The molecule has 0 spiro atoms. The lowest BCUT2D eigenvalue weighted by Gasteiger charge is -2.32. The van der Waals surface area contributed by atoms with Gasteiger partial charge in [-0.05, 0) is 18.9 Å². The molecule has 144 valence electrons. The van der Waals surface area contributed by atoms with Crippen molar-refractivity contribution in [2.75, 3.05) is 18.1 Å². The summed E-state index contributed by atoms with van der Waals surface area (Å²) in [5.41, 5.74) is -0.895. The third-order valence-corrected chi connectivity index (χ3v) is 4.85. The summed E-state index contributed by atoms with van der Waals surface area (Å²) in [6.07, 6.45) is 2.57. The number of benzene rings is 1. The largest absolute Gasteiger partial charge is 0.482 e. The molecule has 10 heteroatoms. The van der Waals surface area contributed by atoms with E-state index in [2.05, 4.69) is 5.32 Å². The fourth-order valence-corrected chi connectivity index (χ4v) is 3.64. The van der Waals surface area contributed by atoms with E-state index < -0.39 is 28.2 Å². The summed E-state index contributed by atoms with van der Waals surface area (Å²) >= 11 is 0. The number of fused-ring (bicyclic) bond motifs is 1. The molecule has 2 N–H and O–H groups in total. The second-order valence-corrected chi connectivity index (χ2v) is 6.78. The predicted molar refractivity (Wildman–Crippen MR) is 92.5 cm³/mol. The van der Waals surface area contributed by atoms with Gasteiger partial charge in [-0.1, -0.05) is 12.8 Å².